The van der Waals surface area contributed by atoms with Gasteiger partial charge in [-0.25, -0.2) is 4.98 Å². The molecule has 1 aliphatic rings. The topological polar surface area (TPSA) is 82.1 Å². The third-order valence-electron chi connectivity index (χ3n) is 5.16. The van der Waals surface area contributed by atoms with Gasteiger partial charge in [0.25, 0.3) is 5.91 Å². The lowest BCUT2D eigenvalue weighted by atomic mass is 9.85. The number of carbonyl (C=O) groups is 1. The van der Waals surface area contributed by atoms with E-state index in [-0.39, 0.29) is 11.9 Å². The van der Waals surface area contributed by atoms with Crippen LogP contribution in [0.4, 0.5) is 0 Å². The minimum absolute atomic E-state index is 0.00210. The largest absolute Gasteiger partial charge is 0.383 e. The normalized spacial score (nSPS) is 22.9. The molecule has 1 amide bonds. The van der Waals surface area contributed by atoms with Gasteiger partial charge in [-0.1, -0.05) is 6.92 Å². The number of rotatable bonds is 4. The zero-order valence-electron chi connectivity index (χ0n) is 15.3. The monoisotopic (exact) mass is 402 g/mol. The van der Waals surface area contributed by atoms with Crippen LogP contribution in [0.3, 0.4) is 0 Å². The van der Waals surface area contributed by atoms with Crippen molar-refractivity contribution < 1.29 is 9.90 Å². The Morgan fingerprint density at radius 2 is 2.30 bits per heavy atom. The van der Waals surface area contributed by atoms with E-state index in [4.69, 9.17) is 0 Å². The number of nitrogens with one attached hydrogen (secondary N) is 1. The highest BCUT2D eigenvalue weighted by molar-refractivity contribution is 7.13. The van der Waals surface area contributed by atoms with E-state index in [9.17, 15) is 9.90 Å². The molecule has 3 aromatic heterocycles. The van der Waals surface area contributed by atoms with Crippen LogP contribution in [0.5, 0.6) is 0 Å². The number of H-pyrrole nitrogens is 1. The molecule has 0 radical (unpaired) electrons. The van der Waals surface area contributed by atoms with Crippen molar-refractivity contribution in [2.45, 2.75) is 44.8 Å². The fourth-order valence-electron chi connectivity index (χ4n) is 3.64. The van der Waals surface area contributed by atoms with Crippen LogP contribution in [-0.2, 0) is 5.60 Å². The molecule has 0 aromatic carbocycles. The third kappa shape index (κ3) is 3.44. The first kappa shape index (κ1) is 18.3. The Kier molecular flexibility index (Phi) is 4.88. The molecule has 3 aromatic rings. The Morgan fingerprint density at radius 1 is 1.44 bits per heavy atom. The van der Waals surface area contributed by atoms with Gasteiger partial charge in [0.2, 0.25) is 0 Å². The molecule has 6 nitrogen and oxygen atoms in total. The number of aryl methyl sites for hydroxylation is 1. The van der Waals surface area contributed by atoms with Crippen LogP contribution < -0.4 is 0 Å². The minimum Gasteiger partial charge on any atom is -0.383 e. The number of aliphatic hydroxyl groups is 1. The Hall–Kier alpha value is -2.03. The SMILES string of the molecule is CCC1CC(O)(c2nc(C)cs2)CCN1C(=O)c1csc(-c2cn[nH]c2)c1. The molecule has 4 heterocycles. The number of thiazole rings is 1. The first-order valence-electron chi connectivity index (χ1n) is 9.04. The van der Waals surface area contributed by atoms with Crippen molar-refractivity contribution in [1.82, 2.24) is 20.1 Å². The fraction of sp³-hybridized carbons (Fsp3) is 0.421. The molecule has 0 bridgehead atoms. The Bertz CT molecular complexity index is 933. The van der Waals surface area contributed by atoms with E-state index in [0.717, 1.165) is 27.6 Å². The molecule has 142 valence electrons. The molecule has 2 atom stereocenters. The zero-order chi connectivity index (χ0) is 19.0. The summed E-state index contributed by atoms with van der Waals surface area (Å²) in [6.07, 6.45) is 5.43. The number of hydrogen-bond acceptors (Lipinski definition) is 6. The number of nitrogens with zero attached hydrogens (tertiary/aromatic N) is 3. The van der Waals surface area contributed by atoms with Crippen LogP contribution in [0.15, 0.2) is 29.2 Å². The predicted molar refractivity (Wildman–Crippen MR) is 107 cm³/mol. The summed E-state index contributed by atoms with van der Waals surface area (Å²) in [6.45, 7) is 4.53. The zero-order valence-corrected chi connectivity index (χ0v) is 16.9. The van der Waals surface area contributed by atoms with Crippen LogP contribution in [0, 0.1) is 6.92 Å². The average Bonchev–Trinajstić information content (AvgIpc) is 3.41. The van der Waals surface area contributed by atoms with E-state index >= 15 is 0 Å². The predicted octanol–water partition coefficient (Wildman–Crippen LogP) is 3.81. The van der Waals surface area contributed by atoms with Crippen LogP contribution in [0.25, 0.3) is 10.4 Å². The molecule has 1 fully saturated rings. The molecule has 1 saturated heterocycles. The van der Waals surface area contributed by atoms with Gasteiger partial charge in [0, 0.05) is 58.5 Å². The lowest BCUT2D eigenvalue weighted by Crippen LogP contribution is -2.51. The second-order valence-electron chi connectivity index (χ2n) is 7.03. The van der Waals surface area contributed by atoms with Crippen molar-refractivity contribution in [3.05, 3.63) is 45.5 Å². The second kappa shape index (κ2) is 7.18. The number of carbonyl (C=O) groups excluding carboxylic acids is 1. The highest BCUT2D eigenvalue weighted by Gasteiger charge is 2.42. The Morgan fingerprint density at radius 3 is 2.96 bits per heavy atom. The lowest BCUT2D eigenvalue weighted by Gasteiger charge is -2.43. The molecule has 0 aliphatic carbocycles. The maximum atomic E-state index is 13.1. The summed E-state index contributed by atoms with van der Waals surface area (Å²) in [5.74, 6) is 0.0326. The molecule has 2 N–H and O–H groups in total. The van der Waals surface area contributed by atoms with Crippen LogP contribution in [0.2, 0.25) is 0 Å². The van der Waals surface area contributed by atoms with Gasteiger partial charge in [0.1, 0.15) is 10.6 Å². The van der Waals surface area contributed by atoms with Gasteiger partial charge in [0.15, 0.2) is 0 Å². The van der Waals surface area contributed by atoms with Gasteiger partial charge >= 0.3 is 0 Å². The van der Waals surface area contributed by atoms with Crippen molar-refractivity contribution in [3.8, 4) is 10.4 Å². The minimum atomic E-state index is -0.938. The summed E-state index contributed by atoms with van der Waals surface area (Å²) >= 11 is 3.05. The van der Waals surface area contributed by atoms with Gasteiger partial charge < -0.3 is 10.0 Å². The maximum Gasteiger partial charge on any atom is 0.254 e. The standard InChI is InChI=1S/C19H22N4O2S2/c1-3-15-7-19(25,18-22-12(2)10-27-18)4-5-23(15)17(24)13-6-16(26-11-13)14-8-20-21-9-14/h6,8-11,15,25H,3-5,7H2,1-2H3,(H,20,21). The molecule has 2 unspecified atom stereocenters. The Labute approximate surface area is 165 Å². The summed E-state index contributed by atoms with van der Waals surface area (Å²) in [5, 5.41) is 22.6. The lowest BCUT2D eigenvalue weighted by molar-refractivity contribution is -0.0446. The van der Waals surface area contributed by atoms with Crippen LogP contribution in [0.1, 0.15) is 47.2 Å². The molecule has 4 rings (SSSR count). The third-order valence-corrected chi connectivity index (χ3v) is 7.29. The quantitative estimate of drug-likeness (QED) is 0.695. The van der Waals surface area contributed by atoms with Gasteiger partial charge in [0.05, 0.1) is 11.8 Å². The maximum absolute atomic E-state index is 13.1. The second-order valence-corrected chi connectivity index (χ2v) is 8.80. The van der Waals surface area contributed by atoms with Crippen LogP contribution in [-0.4, -0.2) is 43.7 Å². The van der Waals surface area contributed by atoms with Gasteiger partial charge in [-0.2, -0.15) is 5.10 Å². The smallest absolute Gasteiger partial charge is 0.254 e. The van der Waals surface area contributed by atoms with Gasteiger partial charge in [-0.3, -0.25) is 9.89 Å². The highest BCUT2D eigenvalue weighted by Crippen LogP contribution is 2.39. The van der Waals surface area contributed by atoms with Crippen molar-refractivity contribution in [3.63, 3.8) is 0 Å². The summed E-state index contributed by atoms with van der Waals surface area (Å²) in [5.41, 5.74) is 1.68. The molecule has 8 heteroatoms. The molecule has 27 heavy (non-hydrogen) atoms. The highest BCUT2D eigenvalue weighted by atomic mass is 32.1. The van der Waals surface area contributed by atoms with E-state index < -0.39 is 5.60 Å². The van der Waals surface area contributed by atoms with Crippen LogP contribution >= 0.6 is 22.7 Å². The number of aromatic amines is 1. The molecule has 1 aliphatic heterocycles. The molecule has 0 spiro atoms. The number of amides is 1. The fourth-order valence-corrected chi connectivity index (χ4v) is 5.44. The van der Waals surface area contributed by atoms with E-state index in [1.807, 2.05) is 34.8 Å². The summed E-state index contributed by atoms with van der Waals surface area (Å²) in [7, 11) is 0. The van der Waals surface area contributed by atoms with Gasteiger partial charge in [-0.05, 0) is 19.4 Å². The van der Waals surface area contributed by atoms with Crippen molar-refractivity contribution in [2.24, 2.45) is 0 Å². The summed E-state index contributed by atoms with van der Waals surface area (Å²) < 4.78 is 0. The van der Waals surface area contributed by atoms with E-state index in [1.165, 1.54) is 11.3 Å². The number of likely N-dealkylation sites (tertiary alicyclic amines) is 1. The van der Waals surface area contributed by atoms with Crippen molar-refractivity contribution >= 4 is 28.6 Å². The number of hydrogen-bond donors (Lipinski definition) is 2. The van der Waals surface area contributed by atoms with E-state index in [1.54, 1.807) is 17.5 Å². The van der Waals surface area contributed by atoms with E-state index in [0.29, 0.717) is 24.9 Å². The molecular formula is C19H22N4O2S2. The molecule has 0 saturated carbocycles. The van der Waals surface area contributed by atoms with Crippen molar-refractivity contribution in [1.29, 1.82) is 0 Å². The van der Waals surface area contributed by atoms with Gasteiger partial charge in [-0.15, -0.1) is 22.7 Å². The number of piperidine rings is 1. The number of aromatic nitrogens is 3. The van der Waals surface area contributed by atoms with E-state index in [2.05, 4.69) is 22.1 Å². The summed E-state index contributed by atoms with van der Waals surface area (Å²) in [6, 6.07) is 1.92. The first-order chi connectivity index (χ1) is 13.0. The average molecular weight is 403 g/mol. The van der Waals surface area contributed by atoms with Crippen molar-refractivity contribution in [2.75, 3.05) is 6.54 Å². The molecular weight excluding hydrogens is 380 g/mol. The first-order valence-corrected chi connectivity index (χ1v) is 10.8. The Balaban J connectivity index is 1.53. The number of thiophene rings is 1. The summed E-state index contributed by atoms with van der Waals surface area (Å²) in [4.78, 5) is 20.5.